The topological polar surface area (TPSA) is 58.6 Å². The molecule has 0 aliphatic carbocycles. The number of ether oxygens (including phenoxy) is 1. The van der Waals surface area contributed by atoms with E-state index in [1.165, 1.54) is 0 Å². The van der Waals surface area contributed by atoms with Gasteiger partial charge in [0.05, 0.1) is 6.61 Å². The molecule has 0 aliphatic heterocycles. The summed E-state index contributed by atoms with van der Waals surface area (Å²) in [6.07, 6.45) is 2.73. The second-order valence-electron chi connectivity index (χ2n) is 7.37. The van der Waals surface area contributed by atoms with Crippen LogP contribution in [0.3, 0.4) is 0 Å². The Kier molecular flexibility index (Phi) is 10.7. The Bertz CT molecular complexity index is 826. The molecule has 0 radical (unpaired) electrons. The van der Waals surface area contributed by atoms with Gasteiger partial charge in [0.1, 0.15) is 11.8 Å². The van der Waals surface area contributed by atoms with Crippen LogP contribution in [0.2, 0.25) is 10.0 Å². The van der Waals surface area contributed by atoms with Crippen LogP contribution < -0.4 is 10.1 Å². The molecule has 1 N–H and O–H groups in total. The van der Waals surface area contributed by atoms with Crippen molar-refractivity contribution in [1.82, 2.24) is 10.2 Å². The van der Waals surface area contributed by atoms with Crippen molar-refractivity contribution in [3.05, 3.63) is 64.1 Å². The van der Waals surface area contributed by atoms with E-state index < -0.39 is 6.04 Å². The van der Waals surface area contributed by atoms with E-state index in [1.807, 2.05) is 12.1 Å². The third-order valence-corrected chi connectivity index (χ3v) is 5.38. The van der Waals surface area contributed by atoms with Crippen molar-refractivity contribution >= 4 is 35.0 Å². The number of nitrogens with zero attached hydrogens (tertiary/aromatic N) is 1. The molecule has 0 fully saturated rings. The van der Waals surface area contributed by atoms with Crippen LogP contribution in [0, 0.1) is 0 Å². The summed E-state index contributed by atoms with van der Waals surface area (Å²) in [5.41, 5.74) is 0.920. The molecular formula is C24H30Cl2N2O3. The summed E-state index contributed by atoms with van der Waals surface area (Å²) in [6, 6.07) is 13.8. The van der Waals surface area contributed by atoms with Gasteiger partial charge in [-0.1, -0.05) is 48.7 Å². The highest BCUT2D eigenvalue weighted by Crippen LogP contribution is 2.17. The Labute approximate surface area is 194 Å². The zero-order valence-corrected chi connectivity index (χ0v) is 19.6. The fraction of sp³-hybridized carbons (Fsp3) is 0.417. The number of nitrogens with one attached hydrogen (secondary N) is 1. The number of carbonyl (C=O) groups is 2. The molecule has 0 aromatic heterocycles. The summed E-state index contributed by atoms with van der Waals surface area (Å²) >= 11 is 11.8. The van der Waals surface area contributed by atoms with Crippen LogP contribution in [0.1, 0.15) is 45.1 Å². The van der Waals surface area contributed by atoms with Crippen LogP contribution in [0.5, 0.6) is 5.75 Å². The van der Waals surface area contributed by atoms with Gasteiger partial charge >= 0.3 is 0 Å². The lowest BCUT2D eigenvalue weighted by atomic mass is 10.1. The first-order valence-electron chi connectivity index (χ1n) is 10.6. The van der Waals surface area contributed by atoms with E-state index >= 15 is 0 Å². The monoisotopic (exact) mass is 464 g/mol. The fourth-order valence-corrected chi connectivity index (χ4v) is 3.25. The number of halogens is 2. The van der Waals surface area contributed by atoms with E-state index in [1.54, 1.807) is 48.2 Å². The third kappa shape index (κ3) is 8.80. The number of benzene rings is 2. The molecule has 2 aromatic rings. The summed E-state index contributed by atoms with van der Waals surface area (Å²) in [6.45, 7) is 5.19. The lowest BCUT2D eigenvalue weighted by Crippen LogP contribution is -2.47. The molecule has 0 bridgehead atoms. The van der Waals surface area contributed by atoms with Crippen LogP contribution in [0.4, 0.5) is 0 Å². The molecule has 1 atom stereocenters. The van der Waals surface area contributed by atoms with Gasteiger partial charge in [-0.3, -0.25) is 9.59 Å². The van der Waals surface area contributed by atoms with Crippen molar-refractivity contribution in [2.24, 2.45) is 0 Å². The Morgan fingerprint density at radius 2 is 1.61 bits per heavy atom. The van der Waals surface area contributed by atoms with E-state index in [2.05, 4.69) is 12.2 Å². The van der Waals surface area contributed by atoms with Gasteiger partial charge in [0, 0.05) is 29.6 Å². The van der Waals surface area contributed by atoms with Gasteiger partial charge in [0.15, 0.2) is 0 Å². The van der Waals surface area contributed by atoms with Gasteiger partial charge in [-0.15, -0.1) is 0 Å². The number of unbranched alkanes of at least 4 members (excludes halogenated alkanes) is 1. The molecule has 0 saturated heterocycles. The molecule has 2 amide bonds. The van der Waals surface area contributed by atoms with Crippen LogP contribution in [-0.4, -0.2) is 35.9 Å². The number of hydrogen-bond donors (Lipinski definition) is 1. The standard InChI is InChI=1S/C24H30Cl2N2O3/c1-3-4-15-27-24(30)18(2)28(17-19-7-9-20(25)10-8-19)23(29)6-5-16-31-22-13-11-21(26)12-14-22/h7-14,18H,3-6,15-17H2,1-2H3,(H,27,30)/t18-/m1/s1. The molecule has 0 unspecified atom stereocenters. The van der Waals surface area contributed by atoms with E-state index in [4.69, 9.17) is 27.9 Å². The predicted octanol–water partition coefficient (Wildman–Crippen LogP) is 5.49. The smallest absolute Gasteiger partial charge is 0.242 e. The normalized spacial score (nSPS) is 11.6. The SMILES string of the molecule is CCCCNC(=O)[C@@H](C)N(Cc1ccc(Cl)cc1)C(=O)CCCOc1ccc(Cl)cc1. The first-order chi connectivity index (χ1) is 14.9. The first-order valence-corrected chi connectivity index (χ1v) is 11.4. The van der Waals surface area contributed by atoms with Gasteiger partial charge in [-0.25, -0.2) is 0 Å². The second-order valence-corrected chi connectivity index (χ2v) is 8.25. The summed E-state index contributed by atoms with van der Waals surface area (Å²) in [5.74, 6) is 0.472. The van der Waals surface area contributed by atoms with Gasteiger partial charge in [-0.2, -0.15) is 0 Å². The number of hydrogen-bond acceptors (Lipinski definition) is 3. The number of rotatable bonds is 12. The molecule has 2 aromatic carbocycles. The maximum Gasteiger partial charge on any atom is 0.242 e. The Morgan fingerprint density at radius 1 is 1.00 bits per heavy atom. The van der Waals surface area contributed by atoms with E-state index in [9.17, 15) is 9.59 Å². The van der Waals surface area contributed by atoms with Crippen LogP contribution >= 0.6 is 23.2 Å². The highest BCUT2D eigenvalue weighted by molar-refractivity contribution is 6.30. The molecule has 168 valence electrons. The zero-order chi connectivity index (χ0) is 22.6. The summed E-state index contributed by atoms with van der Waals surface area (Å²) in [7, 11) is 0. The lowest BCUT2D eigenvalue weighted by Gasteiger charge is -2.29. The number of amides is 2. The van der Waals surface area contributed by atoms with Crippen molar-refractivity contribution in [2.75, 3.05) is 13.2 Å². The summed E-state index contributed by atoms with van der Waals surface area (Å²) < 4.78 is 5.67. The Balaban J connectivity index is 1.96. The number of carbonyl (C=O) groups excluding carboxylic acids is 2. The highest BCUT2D eigenvalue weighted by Gasteiger charge is 2.25. The maximum absolute atomic E-state index is 13.0. The van der Waals surface area contributed by atoms with Gasteiger partial charge in [0.25, 0.3) is 0 Å². The van der Waals surface area contributed by atoms with Crippen LogP contribution in [-0.2, 0) is 16.1 Å². The third-order valence-electron chi connectivity index (χ3n) is 4.88. The molecule has 0 aliphatic rings. The molecule has 0 heterocycles. The predicted molar refractivity (Wildman–Crippen MR) is 126 cm³/mol. The van der Waals surface area contributed by atoms with Crippen molar-refractivity contribution in [1.29, 1.82) is 0 Å². The minimum Gasteiger partial charge on any atom is -0.494 e. The highest BCUT2D eigenvalue weighted by atomic mass is 35.5. The molecule has 0 saturated carbocycles. The van der Waals surface area contributed by atoms with Crippen molar-refractivity contribution < 1.29 is 14.3 Å². The Morgan fingerprint density at radius 3 is 2.23 bits per heavy atom. The lowest BCUT2D eigenvalue weighted by molar-refractivity contribution is -0.140. The van der Waals surface area contributed by atoms with Gasteiger partial charge in [-0.05, 0) is 61.7 Å². The minimum atomic E-state index is -0.572. The van der Waals surface area contributed by atoms with E-state index in [-0.39, 0.29) is 18.2 Å². The molecule has 5 nitrogen and oxygen atoms in total. The van der Waals surface area contributed by atoms with Crippen LogP contribution in [0.25, 0.3) is 0 Å². The Hall–Kier alpha value is -2.24. The second kappa shape index (κ2) is 13.2. The summed E-state index contributed by atoms with van der Waals surface area (Å²) in [4.78, 5) is 27.2. The maximum atomic E-state index is 13.0. The van der Waals surface area contributed by atoms with E-state index in [0.717, 1.165) is 18.4 Å². The quantitative estimate of drug-likeness (QED) is 0.422. The fourth-order valence-electron chi connectivity index (χ4n) is 2.99. The van der Waals surface area contributed by atoms with E-state index in [0.29, 0.717) is 41.9 Å². The molecule has 7 heteroatoms. The first kappa shape index (κ1) is 25.0. The van der Waals surface area contributed by atoms with Crippen LogP contribution in [0.15, 0.2) is 48.5 Å². The van der Waals surface area contributed by atoms with Gasteiger partial charge < -0.3 is 15.0 Å². The largest absolute Gasteiger partial charge is 0.494 e. The average molecular weight is 465 g/mol. The van der Waals surface area contributed by atoms with Gasteiger partial charge in [0.2, 0.25) is 11.8 Å². The zero-order valence-electron chi connectivity index (χ0n) is 18.1. The molecule has 2 rings (SSSR count). The van der Waals surface area contributed by atoms with Crippen molar-refractivity contribution in [3.8, 4) is 5.75 Å². The minimum absolute atomic E-state index is 0.0900. The molecule has 0 spiro atoms. The molecule has 31 heavy (non-hydrogen) atoms. The van der Waals surface area contributed by atoms with Crippen molar-refractivity contribution in [2.45, 2.75) is 52.1 Å². The average Bonchev–Trinajstić information content (AvgIpc) is 2.77. The van der Waals surface area contributed by atoms with Crippen molar-refractivity contribution in [3.63, 3.8) is 0 Å². The molecular weight excluding hydrogens is 435 g/mol. The summed E-state index contributed by atoms with van der Waals surface area (Å²) in [5, 5.41) is 4.19.